The highest BCUT2D eigenvalue weighted by molar-refractivity contribution is 6.33. The van der Waals surface area contributed by atoms with Gasteiger partial charge in [-0.05, 0) is 30.7 Å². The van der Waals surface area contributed by atoms with Crippen LogP contribution in [0.5, 0.6) is 0 Å². The summed E-state index contributed by atoms with van der Waals surface area (Å²) in [5.74, 6) is -2.99. The van der Waals surface area contributed by atoms with E-state index in [-0.39, 0.29) is 10.6 Å². The van der Waals surface area contributed by atoms with Gasteiger partial charge in [-0.15, -0.1) is 0 Å². The average Bonchev–Trinajstić information content (AvgIpc) is 2.52. The molecule has 0 fully saturated rings. The van der Waals surface area contributed by atoms with Crippen LogP contribution in [0.1, 0.15) is 28.9 Å². The maximum absolute atomic E-state index is 13.1. The standard InChI is InChI=1S/C17H15ClFNO3/c1-10(17(22)23)15(11-5-3-2-4-6-11)20-16(21)13-8-7-12(19)9-14(13)18/h2-10,15H,1H3,(H,20,21)(H,22,23)/t10-,15-/m1/s1. The Balaban J connectivity index is 2.30. The summed E-state index contributed by atoms with van der Waals surface area (Å²) in [4.78, 5) is 23.7. The molecule has 2 aromatic carbocycles. The summed E-state index contributed by atoms with van der Waals surface area (Å²) < 4.78 is 13.1. The van der Waals surface area contributed by atoms with E-state index in [1.165, 1.54) is 13.0 Å². The smallest absolute Gasteiger partial charge is 0.308 e. The van der Waals surface area contributed by atoms with Gasteiger partial charge in [-0.2, -0.15) is 0 Å². The van der Waals surface area contributed by atoms with Crippen molar-refractivity contribution in [3.05, 3.63) is 70.5 Å². The van der Waals surface area contributed by atoms with Crippen LogP contribution in [0.4, 0.5) is 4.39 Å². The van der Waals surface area contributed by atoms with Crippen LogP contribution in [0.2, 0.25) is 5.02 Å². The summed E-state index contributed by atoms with van der Waals surface area (Å²) >= 11 is 5.88. The van der Waals surface area contributed by atoms with Crippen LogP contribution < -0.4 is 5.32 Å². The first-order chi connectivity index (χ1) is 10.9. The van der Waals surface area contributed by atoms with E-state index in [0.717, 1.165) is 12.1 Å². The molecule has 2 aromatic rings. The van der Waals surface area contributed by atoms with Crippen molar-refractivity contribution in [2.45, 2.75) is 13.0 Å². The lowest BCUT2D eigenvalue weighted by molar-refractivity contribution is -0.142. The lowest BCUT2D eigenvalue weighted by Crippen LogP contribution is -2.35. The summed E-state index contributed by atoms with van der Waals surface area (Å²) in [6.07, 6.45) is 0. The van der Waals surface area contributed by atoms with E-state index in [2.05, 4.69) is 5.32 Å². The minimum Gasteiger partial charge on any atom is -0.481 e. The molecule has 0 aliphatic rings. The first-order valence-corrected chi connectivity index (χ1v) is 7.31. The molecule has 0 radical (unpaired) electrons. The van der Waals surface area contributed by atoms with Crippen molar-refractivity contribution in [3.63, 3.8) is 0 Å². The number of carbonyl (C=O) groups is 2. The van der Waals surface area contributed by atoms with Crippen LogP contribution in [0.15, 0.2) is 48.5 Å². The van der Waals surface area contributed by atoms with E-state index in [1.54, 1.807) is 30.3 Å². The van der Waals surface area contributed by atoms with Crippen LogP contribution in [0, 0.1) is 11.7 Å². The van der Waals surface area contributed by atoms with Gasteiger partial charge in [0.25, 0.3) is 5.91 Å². The maximum atomic E-state index is 13.1. The SMILES string of the molecule is C[C@@H](C(=O)O)[C@@H](NC(=O)c1ccc(F)cc1Cl)c1ccccc1. The number of carbonyl (C=O) groups excluding carboxylic acids is 1. The third-order valence-electron chi connectivity index (χ3n) is 3.51. The van der Waals surface area contributed by atoms with Gasteiger partial charge in [0.1, 0.15) is 5.82 Å². The number of rotatable bonds is 5. The fourth-order valence-electron chi connectivity index (χ4n) is 2.19. The minimum atomic E-state index is -1.04. The molecule has 120 valence electrons. The molecule has 2 N–H and O–H groups in total. The Morgan fingerprint density at radius 3 is 2.39 bits per heavy atom. The van der Waals surface area contributed by atoms with Crippen molar-refractivity contribution in [2.24, 2.45) is 5.92 Å². The molecule has 0 heterocycles. The van der Waals surface area contributed by atoms with Gasteiger partial charge in [0.2, 0.25) is 0 Å². The first-order valence-electron chi connectivity index (χ1n) is 6.94. The number of hydrogen-bond acceptors (Lipinski definition) is 2. The second-order valence-electron chi connectivity index (χ2n) is 5.11. The third-order valence-corrected chi connectivity index (χ3v) is 3.82. The summed E-state index contributed by atoms with van der Waals surface area (Å²) in [5, 5.41) is 11.9. The Morgan fingerprint density at radius 1 is 1.17 bits per heavy atom. The second-order valence-corrected chi connectivity index (χ2v) is 5.52. The summed E-state index contributed by atoms with van der Waals surface area (Å²) in [7, 11) is 0. The van der Waals surface area contributed by atoms with Gasteiger partial charge in [-0.25, -0.2) is 4.39 Å². The molecular weight excluding hydrogens is 321 g/mol. The largest absolute Gasteiger partial charge is 0.481 e. The van der Waals surface area contributed by atoms with Gasteiger partial charge in [-0.1, -0.05) is 41.9 Å². The van der Waals surface area contributed by atoms with Crippen LogP contribution in [0.25, 0.3) is 0 Å². The Labute approximate surface area is 137 Å². The molecule has 23 heavy (non-hydrogen) atoms. The quantitative estimate of drug-likeness (QED) is 0.876. The van der Waals surface area contributed by atoms with Crippen molar-refractivity contribution in [1.82, 2.24) is 5.32 Å². The van der Waals surface area contributed by atoms with Crippen LogP contribution >= 0.6 is 11.6 Å². The molecule has 0 unspecified atom stereocenters. The Hall–Kier alpha value is -2.40. The lowest BCUT2D eigenvalue weighted by atomic mass is 9.94. The van der Waals surface area contributed by atoms with Gasteiger partial charge in [0, 0.05) is 0 Å². The van der Waals surface area contributed by atoms with Crippen molar-refractivity contribution < 1.29 is 19.1 Å². The number of carboxylic acids is 1. The fourth-order valence-corrected chi connectivity index (χ4v) is 2.45. The molecular formula is C17H15ClFNO3. The molecule has 0 aromatic heterocycles. The van der Waals surface area contributed by atoms with Crippen molar-refractivity contribution in [2.75, 3.05) is 0 Å². The number of halogens is 2. The van der Waals surface area contributed by atoms with Crippen molar-refractivity contribution >= 4 is 23.5 Å². The third kappa shape index (κ3) is 4.07. The number of hydrogen-bond donors (Lipinski definition) is 2. The Kier molecular flexibility index (Phi) is 5.34. The second kappa shape index (κ2) is 7.24. The molecule has 0 saturated heterocycles. The minimum absolute atomic E-state index is 0.0303. The van der Waals surface area contributed by atoms with E-state index in [0.29, 0.717) is 5.56 Å². The summed E-state index contributed by atoms with van der Waals surface area (Å²) in [6.45, 7) is 1.51. The van der Waals surface area contributed by atoms with Gasteiger partial charge < -0.3 is 10.4 Å². The Morgan fingerprint density at radius 2 is 1.83 bits per heavy atom. The van der Waals surface area contributed by atoms with Crippen LogP contribution in [-0.2, 0) is 4.79 Å². The molecule has 0 aliphatic heterocycles. The number of amides is 1. The predicted molar refractivity (Wildman–Crippen MR) is 84.9 cm³/mol. The molecule has 1 amide bonds. The molecule has 6 heteroatoms. The number of nitrogens with one attached hydrogen (secondary N) is 1. The van der Waals surface area contributed by atoms with E-state index in [9.17, 15) is 19.1 Å². The highest BCUT2D eigenvalue weighted by Gasteiger charge is 2.27. The molecule has 0 saturated carbocycles. The number of carboxylic acid groups (broad SMARTS) is 1. The lowest BCUT2D eigenvalue weighted by Gasteiger charge is -2.23. The van der Waals surface area contributed by atoms with E-state index in [4.69, 9.17) is 11.6 Å². The summed E-state index contributed by atoms with van der Waals surface area (Å²) in [6, 6.07) is 11.5. The number of aliphatic carboxylic acids is 1. The molecule has 0 aliphatic carbocycles. The van der Waals surface area contributed by atoms with E-state index >= 15 is 0 Å². The molecule has 0 bridgehead atoms. The zero-order valence-corrected chi connectivity index (χ0v) is 13.0. The van der Waals surface area contributed by atoms with E-state index in [1.807, 2.05) is 0 Å². The topological polar surface area (TPSA) is 66.4 Å². The predicted octanol–water partition coefficient (Wildman–Crippen LogP) is 3.67. The van der Waals surface area contributed by atoms with Gasteiger partial charge >= 0.3 is 5.97 Å². The van der Waals surface area contributed by atoms with Crippen LogP contribution in [-0.4, -0.2) is 17.0 Å². The maximum Gasteiger partial charge on any atom is 0.308 e. The fraction of sp³-hybridized carbons (Fsp3) is 0.176. The van der Waals surface area contributed by atoms with Gasteiger partial charge in [0.15, 0.2) is 0 Å². The van der Waals surface area contributed by atoms with Crippen molar-refractivity contribution in [3.8, 4) is 0 Å². The van der Waals surface area contributed by atoms with Crippen LogP contribution in [0.3, 0.4) is 0 Å². The molecule has 4 nitrogen and oxygen atoms in total. The highest BCUT2D eigenvalue weighted by atomic mass is 35.5. The first kappa shape index (κ1) is 17.0. The monoisotopic (exact) mass is 335 g/mol. The molecule has 2 atom stereocenters. The van der Waals surface area contributed by atoms with E-state index < -0.39 is 29.7 Å². The van der Waals surface area contributed by atoms with Crippen molar-refractivity contribution in [1.29, 1.82) is 0 Å². The van der Waals surface area contributed by atoms with Gasteiger partial charge in [0.05, 0.1) is 22.5 Å². The Bertz CT molecular complexity index is 721. The molecule has 2 rings (SSSR count). The highest BCUT2D eigenvalue weighted by Crippen LogP contribution is 2.24. The summed E-state index contributed by atoms with van der Waals surface area (Å²) in [5.41, 5.74) is 0.751. The normalized spacial score (nSPS) is 13.2. The average molecular weight is 336 g/mol. The zero-order chi connectivity index (χ0) is 17.0. The zero-order valence-electron chi connectivity index (χ0n) is 12.3. The van der Waals surface area contributed by atoms with Gasteiger partial charge in [-0.3, -0.25) is 9.59 Å². The number of benzene rings is 2. The molecule has 0 spiro atoms.